The largest absolute Gasteiger partial charge is 0.490 e. The van der Waals surface area contributed by atoms with Gasteiger partial charge in [0.2, 0.25) is 0 Å². The van der Waals surface area contributed by atoms with Gasteiger partial charge in [-0.3, -0.25) is 0 Å². The summed E-state index contributed by atoms with van der Waals surface area (Å²) in [5.74, 6) is 1.84. The predicted octanol–water partition coefficient (Wildman–Crippen LogP) is 3.45. The lowest BCUT2D eigenvalue weighted by molar-refractivity contribution is 0.128. The minimum Gasteiger partial charge on any atom is -0.490 e. The summed E-state index contributed by atoms with van der Waals surface area (Å²) in [6.45, 7) is 5.12. The molecule has 0 aromatic heterocycles. The molecule has 1 fully saturated rings. The van der Waals surface area contributed by atoms with E-state index >= 15 is 0 Å². The summed E-state index contributed by atoms with van der Waals surface area (Å²) >= 11 is 0. The van der Waals surface area contributed by atoms with E-state index in [4.69, 9.17) is 10.5 Å². The number of rotatable bonds is 4. The van der Waals surface area contributed by atoms with Gasteiger partial charge in [0, 0.05) is 0 Å². The van der Waals surface area contributed by atoms with Crippen LogP contribution in [0.3, 0.4) is 0 Å². The van der Waals surface area contributed by atoms with Gasteiger partial charge in [-0.15, -0.1) is 0 Å². The molecule has 2 N–H and O–H groups in total. The van der Waals surface area contributed by atoms with Crippen LogP contribution >= 0.6 is 0 Å². The third-order valence-corrected chi connectivity index (χ3v) is 3.81. The average molecular weight is 247 g/mol. The van der Waals surface area contributed by atoms with E-state index in [1.54, 1.807) is 0 Å². The van der Waals surface area contributed by atoms with Crippen LogP contribution in [0.4, 0.5) is 0 Å². The SMILES string of the molecule is Cc1ccc(OC2CCCC(C)C2)c(CCN)c1. The number of hydrogen-bond donors (Lipinski definition) is 1. The van der Waals surface area contributed by atoms with Crippen molar-refractivity contribution >= 4 is 0 Å². The Morgan fingerprint density at radius 3 is 2.89 bits per heavy atom. The second-order valence-electron chi connectivity index (χ2n) is 5.66. The Balaban J connectivity index is 2.07. The van der Waals surface area contributed by atoms with Crippen LogP contribution in [0.25, 0.3) is 0 Å². The van der Waals surface area contributed by atoms with Crippen LogP contribution in [0.2, 0.25) is 0 Å². The lowest BCUT2D eigenvalue weighted by Crippen LogP contribution is -2.24. The molecular formula is C16H25NO. The highest BCUT2D eigenvalue weighted by molar-refractivity contribution is 5.37. The average Bonchev–Trinajstić information content (AvgIpc) is 2.33. The van der Waals surface area contributed by atoms with Crippen molar-refractivity contribution < 1.29 is 4.74 Å². The standard InChI is InChI=1S/C16H25NO/c1-12-4-3-5-15(11-12)18-16-7-6-13(2)10-14(16)8-9-17/h6-7,10,12,15H,3-5,8-9,11,17H2,1-2H3. The van der Waals surface area contributed by atoms with Crippen LogP contribution in [0, 0.1) is 12.8 Å². The lowest BCUT2D eigenvalue weighted by Gasteiger charge is -2.28. The monoisotopic (exact) mass is 247 g/mol. The molecule has 2 rings (SSSR count). The first-order valence-corrected chi connectivity index (χ1v) is 7.15. The summed E-state index contributed by atoms with van der Waals surface area (Å²) in [7, 11) is 0. The first-order valence-electron chi connectivity index (χ1n) is 7.15. The van der Waals surface area contributed by atoms with Gasteiger partial charge in [-0.25, -0.2) is 0 Å². The van der Waals surface area contributed by atoms with Gasteiger partial charge >= 0.3 is 0 Å². The number of benzene rings is 1. The Morgan fingerprint density at radius 2 is 2.17 bits per heavy atom. The quantitative estimate of drug-likeness (QED) is 0.884. The zero-order chi connectivity index (χ0) is 13.0. The molecule has 1 aliphatic carbocycles. The molecule has 18 heavy (non-hydrogen) atoms. The molecule has 0 heterocycles. The van der Waals surface area contributed by atoms with E-state index in [9.17, 15) is 0 Å². The highest BCUT2D eigenvalue weighted by Crippen LogP contribution is 2.29. The molecule has 1 saturated carbocycles. The van der Waals surface area contributed by atoms with E-state index < -0.39 is 0 Å². The maximum atomic E-state index is 6.21. The fourth-order valence-electron chi connectivity index (χ4n) is 2.84. The molecule has 2 nitrogen and oxygen atoms in total. The Labute approximate surface area is 111 Å². The number of aryl methyl sites for hydroxylation is 1. The summed E-state index contributed by atoms with van der Waals surface area (Å²) in [4.78, 5) is 0. The second-order valence-corrected chi connectivity index (χ2v) is 5.66. The minimum atomic E-state index is 0.396. The fourth-order valence-corrected chi connectivity index (χ4v) is 2.84. The maximum absolute atomic E-state index is 6.21. The summed E-state index contributed by atoms with van der Waals surface area (Å²) < 4.78 is 6.21. The Morgan fingerprint density at radius 1 is 1.33 bits per heavy atom. The van der Waals surface area contributed by atoms with Crippen molar-refractivity contribution in [3.8, 4) is 5.75 Å². The normalized spacial score (nSPS) is 23.9. The number of nitrogens with two attached hydrogens (primary N) is 1. The Kier molecular flexibility index (Phi) is 4.65. The highest BCUT2D eigenvalue weighted by atomic mass is 16.5. The molecule has 0 aliphatic heterocycles. The van der Waals surface area contributed by atoms with E-state index in [0.717, 1.165) is 18.1 Å². The zero-order valence-corrected chi connectivity index (χ0v) is 11.6. The van der Waals surface area contributed by atoms with Crippen LogP contribution < -0.4 is 10.5 Å². The summed E-state index contributed by atoms with van der Waals surface area (Å²) in [6.07, 6.45) is 6.33. The van der Waals surface area contributed by atoms with Gasteiger partial charge in [0.25, 0.3) is 0 Å². The molecule has 2 unspecified atom stereocenters. The van der Waals surface area contributed by atoms with Crippen LogP contribution in [0.5, 0.6) is 5.75 Å². The first kappa shape index (κ1) is 13.4. The maximum Gasteiger partial charge on any atom is 0.122 e. The van der Waals surface area contributed by atoms with Gasteiger partial charge < -0.3 is 10.5 Å². The fraction of sp³-hybridized carbons (Fsp3) is 0.625. The third-order valence-electron chi connectivity index (χ3n) is 3.81. The van der Waals surface area contributed by atoms with Crippen molar-refractivity contribution in [2.75, 3.05) is 6.54 Å². The molecule has 0 radical (unpaired) electrons. The zero-order valence-electron chi connectivity index (χ0n) is 11.6. The summed E-state index contributed by atoms with van der Waals surface area (Å²) in [5.41, 5.74) is 8.22. The molecule has 0 bridgehead atoms. The van der Waals surface area contributed by atoms with E-state index in [1.807, 2.05) is 0 Å². The topological polar surface area (TPSA) is 35.2 Å². The molecule has 2 heteroatoms. The van der Waals surface area contributed by atoms with Crippen LogP contribution in [0.1, 0.15) is 43.7 Å². The molecular weight excluding hydrogens is 222 g/mol. The first-order chi connectivity index (χ1) is 8.69. The summed E-state index contributed by atoms with van der Waals surface area (Å²) in [6, 6.07) is 6.44. The van der Waals surface area contributed by atoms with Gasteiger partial charge in [-0.1, -0.05) is 31.0 Å². The van der Waals surface area contributed by atoms with Gasteiger partial charge in [0.15, 0.2) is 0 Å². The molecule has 2 atom stereocenters. The Bertz CT molecular complexity index is 389. The van der Waals surface area contributed by atoms with Crippen molar-refractivity contribution in [3.05, 3.63) is 29.3 Å². The highest BCUT2D eigenvalue weighted by Gasteiger charge is 2.20. The molecule has 1 aliphatic rings. The van der Waals surface area contributed by atoms with Gasteiger partial charge in [-0.05, 0) is 56.7 Å². The van der Waals surface area contributed by atoms with Crippen molar-refractivity contribution in [3.63, 3.8) is 0 Å². The van der Waals surface area contributed by atoms with Crippen LogP contribution in [-0.2, 0) is 6.42 Å². The van der Waals surface area contributed by atoms with E-state index in [-0.39, 0.29) is 0 Å². The van der Waals surface area contributed by atoms with Crippen molar-refractivity contribution in [2.24, 2.45) is 11.7 Å². The molecule has 100 valence electrons. The third kappa shape index (κ3) is 3.49. The minimum absolute atomic E-state index is 0.396. The predicted molar refractivity (Wildman–Crippen MR) is 76.0 cm³/mol. The van der Waals surface area contributed by atoms with Crippen molar-refractivity contribution in [2.45, 2.75) is 52.1 Å². The van der Waals surface area contributed by atoms with Gasteiger partial charge in [-0.2, -0.15) is 0 Å². The number of ether oxygens (including phenoxy) is 1. The Hall–Kier alpha value is -1.02. The van der Waals surface area contributed by atoms with Gasteiger partial charge in [0.05, 0.1) is 6.10 Å². The molecule has 0 amide bonds. The molecule has 1 aromatic carbocycles. The molecule has 0 spiro atoms. The second kappa shape index (κ2) is 6.24. The van der Waals surface area contributed by atoms with Crippen LogP contribution in [0.15, 0.2) is 18.2 Å². The summed E-state index contributed by atoms with van der Waals surface area (Å²) in [5, 5.41) is 0. The lowest BCUT2D eigenvalue weighted by atomic mass is 9.88. The van der Waals surface area contributed by atoms with Gasteiger partial charge in [0.1, 0.15) is 5.75 Å². The molecule has 1 aromatic rings. The van der Waals surface area contributed by atoms with Crippen molar-refractivity contribution in [1.82, 2.24) is 0 Å². The van der Waals surface area contributed by atoms with E-state index in [2.05, 4.69) is 32.0 Å². The molecule has 0 saturated heterocycles. The van der Waals surface area contributed by atoms with E-state index in [1.165, 1.54) is 36.8 Å². The van der Waals surface area contributed by atoms with E-state index in [0.29, 0.717) is 12.6 Å². The number of hydrogen-bond acceptors (Lipinski definition) is 2. The smallest absolute Gasteiger partial charge is 0.122 e. The van der Waals surface area contributed by atoms with Crippen LogP contribution in [-0.4, -0.2) is 12.6 Å². The van der Waals surface area contributed by atoms with Crippen molar-refractivity contribution in [1.29, 1.82) is 0 Å².